The van der Waals surface area contributed by atoms with Crippen LogP contribution in [-0.2, 0) is 20.7 Å². The summed E-state index contributed by atoms with van der Waals surface area (Å²) in [6, 6.07) is 3.37. The Morgan fingerprint density at radius 1 is 1.12 bits per heavy atom. The molecule has 6 nitrogen and oxygen atoms in total. The van der Waals surface area contributed by atoms with E-state index in [4.69, 9.17) is 18.9 Å². The predicted molar refractivity (Wildman–Crippen MR) is 101 cm³/mol. The Labute approximate surface area is 156 Å². The lowest BCUT2D eigenvalue weighted by molar-refractivity contribution is -0.145. The van der Waals surface area contributed by atoms with Gasteiger partial charge in [-0.3, -0.25) is 9.59 Å². The molecule has 0 N–H and O–H groups in total. The summed E-state index contributed by atoms with van der Waals surface area (Å²) in [4.78, 5) is 23.8. The van der Waals surface area contributed by atoms with Crippen molar-refractivity contribution < 1.29 is 28.5 Å². The summed E-state index contributed by atoms with van der Waals surface area (Å²) in [5.74, 6) is 0.251. The van der Waals surface area contributed by atoms with Crippen molar-refractivity contribution in [1.82, 2.24) is 0 Å². The first-order valence-electron chi connectivity index (χ1n) is 8.89. The maximum Gasteiger partial charge on any atom is 0.308 e. The van der Waals surface area contributed by atoms with Crippen molar-refractivity contribution in [2.75, 3.05) is 28.1 Å². The molecule has 1 aromatic carbocycles. The molecule has 0 amide bonds. The van der Waals surface area contributed by atoms with Crippen LogP contribution >= 0.6 is 0 Å². The molecule has 1 unspecified atom stereocenters. The lowest BCUT2D eigenvalue weighted by atomic mass is 9.92. The van der Waals surface area contributed by atoms with Crippen LogP contribution in [0.3, 0.4) is 0 Å². The Hall–Kier alpha value is -2.08. The molecule has 0 saturated carbocycles. The van der Waals surface area contributed by atoms with Crippen LogP contribution in [0.15, 0.2) is 12.1 Å². The maximum atomic E-state index is 12.0. The lowest BCUT2D eigenvalue weighted by Gasteiger charge is -2.19. The number of ketones is 1. The first-order chi connectivity index (χ1) is 12.5. The van der Waals surface area contributed by atoms with E-state index in [0.717, 1.165) is 12.0 Å². The van der Waals surface area contributed by atoms with Crippen molar-refractivity contribution in [2.24, 2.45) is 5.92 Å². The van der Waals surface area contributed by atoms with Gasteiger partial charge >= 0.3 is 5.97 Å². The van der Waals surface area contributed by atoms with E-state index in [0.29, 0.717) is 29.9 Å². The summed E-state index contributed by atoms with van der Waals surface area (Å²) in [5.41, 5.74) is 1.23. The summed E-state index contributed by atoms with van der Waals surface area (Å²) >= 11 is 0. The number of rotatable bonds is 10. The molecule has 1 aromatic rings. The highest BCUT2D eigenvalue weighted by atomic mass is 16.7. The van der Waals surface area contributed by atoms with Crippen LogP contribution in [-0.4, -0.2) is 39.9 Å². The molecule has 6 heteroatoms. The molecular weight excluding hydrogens is 336 g/mol. The molecule has 0 saturated heterocycles. The number of hydrogen-bond donors (Lipinski definition) is 0. The van der Waals surface area contributed by atoms with Gasteiger partial charge in [-0.2, -0.15) is 0 Å². The zero-order valence-corrected chi connectivity index (χ0v) is 17.0. The first-order valence-corrected chi connectivity index (χ1v) is 8.89. The fourth-order valence-corrected chi connectivity index (χ4v) is 2.53. The van der Waals surface area contributed by atoms with Gasteiger partial charge in [-0.1, -0.05) is 27.2 Å². The zero-order chi connectivity index (χ0) is 20.1. The molecule has 0 fully saturated rings. The van der Waals surface area contributed by atoms with Gasteiger partial charge in [0.05, 0.1) is 20.1 Å². The Bertz CT molecular complexity index is 568. The monoisotopic (exact) mass is 368 g/mol. The summed E-state index contributed by atoms with van der Waals surface area (Å²) in [7, 11) is 4.40. The third-order valence-corrected chi connectivity index (χ3v) is 3.72. The fourth-order valence-electron chi connectivity index (χ4n) is 2.53. The molecule has 0 spiro atoms. The van der Waals surface area contributed by atoms with Gasteiger partial charge in [0.25, 0.3) is 0 Å². The normalized spacial score (nSPS) is 11.0. The van der Waals surface area contributed by atoms with Crippen LogP contribution in [0.4, 0.5) is 0 Å². The van der Waals surface area contributed by atoms with Crippen molar-refractivity contribution in [1.29, 1.82) is 0 Å². The molecule has 0 aliphatic rings. The van der Waals surface area contributed by atoms with Crippen LogP contribution in [0, 0.1) is 5.92 Å². The van der Waals surface area contributed by atoms with Crippen LogP contribution in [0.2, 0.25) is 0 Å². The topological polar surface area (TPSA) is 71.1 Å². The number of carbonyl (C=O) groups excluding carboxylic acids is 2. The molecule has 148 valence electrons. The Kier molecular flexibility index (Phi) is 12.1. The van der Waals surface area contributed by atoms with Gasteiger partial charge in [0.2, 0.25) is 0 Å². The van der Waals surface area contributed by atoms with Crippen molar-refractivity contribution in [3.05, 3.63) is 23.3 Å². The summed E-state index contributed by atoms with van der Waals surface area (Å²) in [6.07, 6.45) is 1.93. The van der Waals surface area contributed by atoms with E-state index in [1.807, 2.05) is 20.8 Å². The number of benzene rings is 1. The minimum atomic E-state index is -0.309. The number of hydrogen-bond acceptors (Lipinski definition) is 6. The third kappa shape index (κ3) is 7.04. The molecule has 0 aliphatic carbocycles. The number of methoxy groups -OCH3 is 3. The van der Waals surface area contributed by atoms with E-state index < -0.39 is 0 Å². The summed E-state index contributed by atoms with van der Waals surface area (Å²) < 4.78 is 20.8. The smallest absolute Gasteiger partial charge is 0.308 e. The predicted octanol–water partition coefficient (Wildman–Crippen LogP) is 4.04. The number of Topliss-reactive ketones (excluding diaryl/α,β-unsaturated/α-hetero) is 1. The summed E-state index contributed by atoms with van der Waals surface area (Å²) in [6.45, 7) is 7.53. The molecule has 0 bridgehead atoms. The second kappa shape index (κ2) is 13.2. The van der Waals surface area contributed by atoms with E-state index in [1.165, 1.54) is 28.3 Å². The fraction of sp³-hybridized carbons (Fsp3) is 0.600. The molecule has 0 heterocycles. The minimum absolute atomic E-state index is 0.0411. The quantitative estimate of drug-likeness (QED) is 0.353. The van der Waals surface area contributed by atoms with Crippen LogP contribution in [0.5, 0.6) is 11.5 Å². The number of carbonyl (C=O) groups is 2. The first kappa shape index (κ1) is 23.9. The van der Waals surface area contributed by atoms with E-state index >= 15 is 0 Å². The highest BCUT2D eigenvalue weighted by Gasteiger charge is 2.23. The van der Waals surface area contributed by atoms with Crippen molar-refractivity contribution >= 4 is 11.8 Å². The van der Waals surface area contributed by atoms with E-state index in [9.17, 15) is 9.59 Å². The largest absolute Gasteiger partial charge is 0.493 e. The van der Waals surface area contributed by atoms with E-state index in [2.05, 4.69) is 0 Å². The third-order valence-electron chi connectivity index (χ3n) is 3.72. The zero-order valence-electron chi connectivity index (χ0n) is 17.0. The molecule has 0 radical (unpaired) electrons. The van der Waals surface area contributed by atoms with Gasteiger partial charge in [-0.25, -0.2) is 0 Å². The van der Waals surface area contributed by atoms with Gasteiger partial charge in [0.15, 0.2) is 24.1 Å². The highest BCUT2D eigenvalue weighted by Crippen LogP contribution is 2.35. The number of esters is 1. The van der Waals surface area contributed by atoms with Gasteiger partial charge in [0, 0.05) is 12.7 Å². The average molecular weight is 368 g/mol. The van der Waals surface area contributed by atoms with Crippen LogP contribution in [0.1, 0.15) is 56.5 Å². The standard InChI is InChI=1S/C18H26O6.C2H6/c1-6-7-13(18(20)23-5)8-15-9-14(12(2)19)10-16(22-4)17(15)24-11-21-3;1-2/h9-10,13H,6-8,11H2,1-5H3;1-2H3. The maximum absolute atomic E-state index is 12.0. The van der Waals surface area contributed by atoms with Crippen molar-refractivity contribution in [3.8, 4) is 11.5 Å². The second-order valence-corrected chi connectivity index (χ2v) is 5.49. The van der Waals surface area contributed by atoms with Crippen molar-refractivity contribution in [3.63, 3.8) is 0 Å². The Morgan fingerprint density at radius 3 is 2.23 bits per heavy atom. The summed E-state index contributed by atoms with van der Waals surface area (Å²) in [5, 5.41) is 0. The SMILES string of the molecule is CC.CCCC(Cc1cc(C(C)=O)cc(OC)c1OCOC)C(=O)OC. The molecule has 1 rings (SSSR count). The minimum Gasteiger partial charge on any atom is -0.493 e. The molecule has 1 atom stereocenters. The molecule has 26 heavy (non-hydrogen) atoms. The Morgan fingerprint density at radius 2 is 1.77 bits per heavy atom. The molecule has 0 aromatic heterocycles. The van der Waals surface area contributed by atoms with Gasteiger partial charge < -0.3 is 18.9 Å². The Balaban J connectivity index is 0.00000301. The molecular formula is C20H32O6. The van der Waals surface area contributed by atoms with Crippen molar-refractivity contribution in [2.45, 2.75) is 47.0 Å². The average Bonchev–Trinajstić information content (AvgIpc) is 2.66. The van der Waals surface area contributed by atoms with Gasteiger partial charge in [-0.15, -0.1) is 0 Å². The van der Waals surface area contributed by atoms with Gasteiger partial charge in [0.1, 0.15) is 0 Å². The lowest BCUT2D eigenvalue weighted by Crippen LogP contribution is -2.19. The highest BCUT2D eigenvalue weighted by molar-refractivity contribution is 5.95. The molecule has 0 aliphatic heterocycles. The van der Waals surface area contributed by atoms with E-state index in [1.54, 1.807) is 12.1 Å². The number of ether oxygens (including phenoxy) is 4. The van der Waals surface area contributed by atoms with E-state index in [-0.39, 0.29) is 24.5 Å². The van der Waals surface area contributed by atoms with Crippen LogP contribution in [0.25, 0.3) is 0 Å². The van der Waals surface area contributed by atoms with Gasteiger partial charge in [-0.05, 0) is 37.5 Å². The van der Waals surface area contributed by atoms with Crippen LogP contribution < -0.4 is 9.47 Å². The second-order valence-electron chi connectivity index (χ2n) is 5.49.